The summed E-state index contributed by atoms with van der Waals surface area (Å²) < 4.78 is 34.1. The summed E-state index contributed by atoms with van der Waals surface area (Å²) in [5.74, 6) is 0.812. The second-order valence-electron chi connectivity index (χ2n) is 6.85. The zero-order chi connectivity index (χ0) is 20.6. The Morgan fingerprint density at radius 3 is 2.52 bits per heavy atom. The van der Waals surface area contributed by atoms with Crippen LogP contribution in [0, 0.1) is 12.3 Å². The molecule has 0 saturated heterocycles. The van der Waals surface area contributed by atoms with Gasteiger partial charge in [-0.2, -0.15) is 0 Å². The Hall–Kier alpha value is -3.32. The van der Waals surface area contributed by atoms with Gasteiger partial charge in [0.15, 0.2) is 0 Å². The fourth-order valence-electron chi connectivity index (χ4n) is 3.48. The van der Waals surface area contributed by atoms with Crippen LogP contribution in [0.15, 0.2) is 71.6 Å². The zero-order valence-corrected chi connectivity index (χ0v) is 17.0. The maximum absolute atomic E-state index is 13.1. The molecule has 0 aromatic heterocycles. The number of fused-ring (bicyclic) bond motifs is 1. The molecule has 0 atom stereocenters. The molecule has 6 nitrogen and oxygen atoms in total. The predicted molar refractivity (Wildman–Crippen MR) is 114 cm³/mol. The Kier molecular flexibility index (Phi) is 4.76. The third-order valence-corrected chi connectivity index (χ3v) is 6.50. The minimum absolute atomic E-state index is 0.171. The van der Waals surface area contributed by atoms with E-state index in [2.05, 4.69) is 4.72 Å². The second-order valence-corrected chi connectivity index (χ2v) is 8.50. The van der Waals surface area contributed by atoms with Crippen LogP contribution in [0.5, 0.6) is 5.75 Å². The van der Waals surface area contributed by atoms with Crippen molar-refractivity contribution in [2.24, 2.45) is 0 Å². The molecule has 2 N–H and O–H groups in total. The Morgan fingerprint density at radius 1 is 1.03 bits per heavy atom. The Bertz CT molecular complexity index is 1210. The summed E-state index contributed by atoms with van der Waals surface area (Å²) in [6, 6.07) is 19.8. The molecule has 3 aromatic rings. The molecule has 7 heteroatoms. The van der Waals surface area contributed by atoms with Gasteiger partial charge >= 0.3 is 0 Å². The van der Waals surface area contributed by atoms with Crippen molar-refractivity contribution in [1.82, 2.24) is 0 Å². The molecule has 0 fully saturated rings. The van der Waals surface area contributed by atoms with Gasteiger partial charge in [0, 0.05) is 11.3 Å². The zero-order valence-electron chi connectivity index (χ0n) is 16.1. The van der Waals surface area contributed by atoms with Gasteiger partial charge in [-0.15, -0.1) is 0 Å². The van der Waals surface area contributed by atoms with Gasteiger partial charge in [0.25, 0.3) is 10.0 Å². The minimum Gasteiger partial charge on any atom is -0.495 e. The van der Waals surface area contributed by atoms with Crippen molar-refractivity contribution in [3.05, 3.63) is 83.4 Å². The van der Waals surface area contributed by atoms with Crippen LogP contribution in [0.1, 0.15) is 16.7 Å². The van der Waals surface area contributed by atoms with Crippen LogP contribution in [0.3, 0.4) is 0 Å². The van der Waals surface area contributed by atoms with E-state index in [0.29, 0.717) is 35.1 Å². The lowest BCUT2D eigenvalue weighted by Crippen LogP contribution is -2.24. The maximum atomic E-state index is 13.1. The van der Waals surface area contributed by atoms with Crippen LogP contribution in [-0.2, 0) is 16.6 Å². The fraction of sp³-hybridized carbons (Fsp3) is 0.136. The van der Waals surface area contributed by atoms with E-state index in [1.54, 1.807) is 43.3 Å². The molecule has 1 heterocycles. The lowest BCUT2D eigenvalue weighted by atomic mass is 10.1. The van der Waals surface area contributed by atoms with Crippen molar-refractivity contribution in [3.8, 4) is 5.75 Å². The number of hydrogen-bond donors (Lipinski definition) is 2. The number of amidine groups is 1. The van der Waals surface area contributed by atoms with Crippen molar-refractivity contribution < 1.29 is 13.2 Å². The molecule has 0 bridgehead atoms. The van der Waals surface area contributed by atoms with E-state index < -0.39 is 10.0 Å². The van der Waals surface area contributed by atoms with Crippen molar-refractivity contribution >= 4 is 27.2 Å². The van der Waals surface area contributed by atoms with Gasteiger partial charge in [-0.05, 0) is 42.3 Å². The monoisotopic (exact) mass is 407 g/mol. The van der Waals surface area contributed by atoms with E-state index in [1.165, 1.54) is 7.11 Å². The van der Waals surface area contributed by atoms with Gasteiger partial charge in [0.1, 0.15) is 11.6 Å². The number of para-hydroxylation sites is 2. The molecule has 0 saturated carbocycles. The maximum Gasteiger partial charge on any atom is 0.262 e. The topological polar surface area (TPSA) is 82.5 Å². The lowest BCUT2D eigenvalue weighted by molar-refractivity contribution is 0.417. The summed E-state index contributed by atoms with van der Waals surface area (Å²) in [6.07, 6.45) is 0. The highest BCUT2D eigenvalue weighted by atomic mass is 32.2. The van der Waals surface area contributed by atoms with Crippen LogP contribution >= 0.6 is 0 Å². The third kappa shape index (κ3) is 3.45. The molecule has 1 aliphatic rings. The van der Waals surface area contributed by atoms with Crippen LogP contribution in [0.4, 0.5) is 11.4 Å². The number of benzene rings is 3. The normalized spacial score (nSPS) is 13.3. The van der Waals surface area contributed by atoms with Crippen molar-refractivity contribution in [3.63, 3.8) is 0 Å². The quantitative estimate of drug-likeness (QED) is 0.666. The number of anilines is 2. The van der Waals surface area contributed by atoms with Crippen LogP contribution in [0.2, 0.25) is 0 Å². The van der Waals surface area contributed by atoms with E-state index in [0.717, 1.165) is 11.1 Å². The summed E-state index contributed by atoms with van der Waals surface area (Å²) in [5, 5.41) is 8.48. The second kappa shape index (κ2) is 7.25. The molecule has 0 radical (unpaired) electrons. The van der Waals surface area contributed by atoms with Crippen LogP contribution in [0.25, 0.3) is 0 Å². The Balaban J connectivity index is 1.70. The van der Waals surface area contributed by atoms with E-state index >= 15 is 0 Å². The molecule has 0 spiro atoms. The molecule has 0 unspecified atom stereocenters. The van der Waals surface area contributed by atoms with Gasteiger partial charge in [-0.25, -0.2) is 8.42 Å². The number of nitrogens with one attached hydrogen (secondary N) is 2. The highest BCUT2D eigenvalue weighted by molar-refractivity contribution is 7.92. The molecule has 0 aliphatic carbocycles. The number of aryl methyl sites for hydroxylation is 1. The molecule has 148 valence electrons. The van der Waals surface area contributed by atoms with Gasteiger partial charge in [-0.1, -0.05) is 42.5 Å². The molecule has 0 amide bonds. The molecule has 4 rings (SSSR count). The molecule has 3 aromatic carbocycles. The summed E-state index contributed by atoms with van der Waals surface area (Å²) in [6.45, 7) is 2.29. The van der Waals surface area contributed by atoms with Gasteiger partial charge in [0.2, 0.25) is 0 Å². The van der Waals surface area contributed by atoms with E-state index in [4.69, 9.17) is 10.1 Å². The molecule has 29 heavy (non-hydrogen) atoms. The summed E-state index contributed by atoms with van der Waals surface area (Å²) in [7, 11) is -2.34. The lowest BCUT2D eigenvalue weighted by Gasteiger charge is -2.20. The highest BCUT2D eigenvalue weighted by Gasteiger charge is 2.27. The number of sulfonamides is 1. The minimum atomic E-state index is -3.84. The first kappa shape index (κ1) is 19.0. The average molecular weight is 407 g/mol. The standard InChI is InChI=1S/C22H21N3O3S/c1-15-11-12-17(25-14-16-7-3-4-8-18(16)22(25)23)13-21(15)29(26,27)24-19-9-5-6-10-20(19)28-2/h3-13,23-24H,14H2,1-2H3. The summed E-state index contributed by atoms with van der Waals surface area (Å²) in [5.41, 5.74) is 3.58. The Morgan fingerprint density at radius 2 is 1.76 bits per heavy atom. The number of hydrogen-bond acceptors (Lipinski definition) is 4. The Labute approximate surface area is 170 Å². The smallest absolute Gasteiger partial charge is 0.262 e. The van der Waals surface area contributed by atoms with E-state index in [9.17, 15) is 8.42 Å². The number of nitrogens with zero attached hydrogens (tertiary/aromatic N) is 1. The van der Waals surface area contributed by atoms with Crippen molar-refractivity contribution in [1.29, 1.82) is 5.41 Å². The van der Waals surface area contributed by atoms with Gasteiger partial charge < -0.3 is 9.64 Å². The summed E-state index contributed by atoms with van der Waals surface area (Å²) >= 11 is 0. The fourth-order valence-corrected chi connectivity index (χ4v) is 4.82. The predicted octanol–water partition coefficient (Wildman–Crippen LogP) is 4.15. The van der Waals surface area contributed by atoms with Gasteiger partial charge in [0.05, 0.1) is 24.2 Å². The number of methoxy groups -OCH3 is 1. The number of ether oxygens (including phenoxy) is 1. The third-order valence-electron chi connectivity index (χ3n) is 5.00. The molecular weight excluding hydrogens is 386 g/mol. The largest absolute Gasteiger partial charge is 0.495 e. The van der Waals surface area contributed by atoms with Gasteiger partial charge in [-0.3, -0.25) is 10.1 Å². The average Bonchev–Trinajstić information content (AvgIpc) is 3.05. The van der Waals surface area contributed by atoms with Crippen molar-refractivity contribution in [2.45, 2.75) is 18.4 Å². The SMILES string of the molecule is COc1ccccc1NS(=O)(=O)c1cc(N2Cc3ccccc3C2=N)ccc1C. The first-order valence-electron chi connectivity index (χ1n) is 9.11. The van der Waals surface area contributed by atoms with Crippen molar-refractivity contribution in [2.75, 3.05) is 16.7 Å². The van der Waals surface area contributed by atoms with E-state index in [-0.39, 0.29) is 4.90 Å². The highest BCUT2D eigenvalue weighted by Crippen LogP contribution is 2.32. The summed E-state index contributed by atoms with van der Waals surface area (Å²) in [4.78, 5) is 1.98. The first-order valence-corrected chi connectivity index (χ1v) is 10.6. The van der Waals surface area contributed by atoms with E-state index in [1.807, 2.05) is 35.2 Å². The molecule has 1 aliphatic heterocycles. The first-order chi connectivity index (χ1) is 13.9. The number of rotatable bonds is 5. The van der Waals surface area contributed by atoms with Crippen LogP contribution < -0.4 is 14.4 Å². The molecular formula is C22H21N3O3S. The van der Waals surface area contributed by atoms with Crippen LogP contribution in [-0.4, -0.2) is 21.4 Å².